The Labute approximate surface area is 125 Å². The zero-order chi connectivity index (χ0) is 15.3. The minimum Gasteiger partial charge on any atom is -0.459 e. The van der Waals surface area contributed by atoms with E-state index in [1.54, 1.807) is 24.3 Å². The summed E-state index contributed by atoms with van der Waals surface area (Å²) in [6.07, 6.45) is 1.72. The van der Waals surface area contributed by atoms with Gasteiger partial charge >= 0.3 is 5.97 Å². The van der Waals surface area contributed by atoms with Gasteiger partial charge in [-0.2, -0.15) is 0 Å². The second-order valence-corrected chi connectivity index (χ2v) is 5.55. The van der Waals surface area contributed by atoms with Crippen molar-refractivity contribution in [1.29, 1.82) is 0 Å². The molecule has 0 aliphatic carbocycles. The van der Waals surface area contributed by atoms with Crippen molar-refractivity contribution in [2.45, 2.75) is 25.1 Å². The van der Waals surface area contributed by atoms with Gasteiger partial charge in [0.25, 0.3) is 5.56 Å². The van der Waals surface area contributed by atoms with Gasteiger partial charge in [-0.25, -0.2) is 9.78 Å². The summed E-state index contributed by atoms with van der Waals surface area (Å²) in [5, 5.41) is 0.472. The molecule has 2 aliphatic heterocycles. The maximum atomic E-state index is 12.4. The van der Waals surface area contributed by atoms with Crippen LogP contribution in [0, 0.1) is 0 Å². The fourth-order valence-corrected chi connectivity index (χ4v) is 3.08. The molecule has 2 bridgehead atoms. The highest BCUT2D eigenvalue weighted by molar-refractivity contribution is 5.87. The van der Waals surface area contributed by atoms with Crippen molar-refractivity contribution in [3.63, 3.8) is 0 Å². The average Bonchev–Trinajstić information content (AvgIpc) is 3.09. The van der Waals surface area contributed by atoms with E-state index in [4.69, 9.17) is 4.74 Å². The molecule has 4 rings (SSSR count). The number of morpholine rings is 1. The topological polar surface area (TPSA) is 81.5 Å². The van der Waals surface area contributed by atoms with Crippen LogP contribution in [0.1, 0.15) is 6.42 Å². The Balaban J connectivity index is 1.61. The quantitative estimate of drug-likeness (QED) is 0.725. The lowest BCUT2D eigenvalue weighted by atomic mass is 10.2. The first-order chi connectivity index (χ1) is 10.6. The SMILES string of the molecule is O=C1O[C@@H]2C[C@@H]1N(C(=O)Cn1cnc3ccccc3c1=O)C2. The van der Waals surface area contributed by atoms with Crippen LogP contribution >= 0.6 is 0 Å². The van der Waals surface area contributed by atoms with E-state index < -0.39 is 6.04 Å². The number of likely N-dealkylation sites (tertiary alicyclic amines) is 1. The second-order valence-electron chi connectivity index (χ2n) is 5.55. The van der Waals surface area contributed by atoms with Crippen LogP contribution in [0.4, 0.5) is 0 Å². The van der Waals surface area contributed by atoms with Crippen LogP contribution in [0.2, 0.25) is 0 Å². The second kappa shape index (κ2) is 4.66. The van der Waals surface area contributed by atoms with Crippen molar-refractivity contribution in [3.05, 3.63) is 40.9 Å². The zero-order valence-corrected chi connectivity index (χ0v) is 11.6. The van der Waals surface area contributed by atoms with Crippen molar-refractivity contribution < 1.29 is 14.3 Å². The monoisotopic (exact) mass is 299 g/mol. The van der Waals surface area contributed by atoms with E-state index >= 15 is 0 Å². The molecule has 2 atom stereocenters. The van der Waals surface area contributed by atoms with Crippen molar-refractivity contribution >= 4 is 22.8 Å². The minimum atomic E-state index is -0.499. The number of hydrogen-bond donors (Lipinski definition) is 0. The Bertz CT molecular complexity index is 844. The van der Waals surface area contributed by atoms with Gasteiger partial charge in [0.05, 0.1) is 23.8 Å². The number of carbonyl (C=O) groups is 2. The molecule has 112 valence electrons. The molecule has 0 saturated carbocycles. The molecule has 22 heavy (non-hydrogen) atoms. The molecule has 2 saturated heterocycles. The summed E-state index contributed by atoms with van der Waals surface area (Å²) in [5.41, 5.74) is 0.339. The van der Waals surface area contributed by atoms with Gasteiger partial charge in [-0.05, 0) is 12.1 Å². The van der Waals surface area contributed by atoms with Gasteiger partial charge in [-0.3, -0.25) is 14.2 Å². The molecule has 7 nitrogen and oxygen atoms in total. The lowest BCUT2D eigenvalue weighted by Crippen LogP contribution is -2.46. The summed E-state index contributed by atoms with van der Waals surface area (Å²) in [6, 6.07) is 6.49. The molecule has 1 amide bonds. The highest BCUT2D eigenvalue weighted by atomic mass is 16.6. The highest BCUT2D eigenvalue weighted by Gasteiger charge is 2.48. The van der Waals surface area contributed by atoms with E-state index in [9.17, 15) is 14.4 Å². The first-order valence-corrected chi connectivity index (χ1v) is 7.07. The number of benzene rings is 1. The van der Waals surface area contributed by atoms with Crippen molar-refractivity contribution in [2.75, 3.05) is 6.54 Å². The largest absolute Gasteiger partial charge is 0.459 e. The third-order valence-electron chi connectivity index (χ3n) is 4.18. The first kappa shape index (κ1) is 13.0. The lowest BCUT2D eigenvalue weighted by molar-refractivity contribution is -0.157. The van der Waals surface area contributed by atoms with Gasteiger partial charge in [-0.15, -0.1) is 0 Å². The van der Waals surface area contributed by atoms with Gasteiger partial charge in [0.1, 0.15) is 18.7 Å². The number of aromatic nitrogens is 2. The molecule has 0 spiro atoms. The Morgan fingerprint density at radius 3 is 2.91 bits per heavy atom. The van der Waals surface area contributed by atoms with E-state index in [2.05, 4.69) is 4.98 Å². The van der Waals surface area contributed by atoms with Crippen LogP contribution in [0.3, 0.4) is 0 Å². The number of rotatable bonds is 2. The van der Waals surface area contributed by atoms with Crippen LogP contribution in [-0.4, -0.2) is 45.0 Å². The first-order valence-electron chi connectivity index (χ1n) is 7.07. The van der Waals surface area contributed by atoms with Crippen molar-refractivity contribution in [2.24, 2.45) is 0 Å². The van der Waals surface area contributed by atoms with E-state index in [0.29, 0.717) is 23.9 Å². The molecule has 0 unspecified atom stereocenters. The molecule has 0 N–H and O–H groups in total. The number of esters is 1. The predicted molar refractivity (Wildman–Crippen MR) is 76.0 cm³/mol. The minimum absolute atomic E-state index is 0.118. The number of ether oxygens (including phenoxy) is 1. The number of para-hydroxylation sites is 1. The molecule has 0 radical (unpaired) electrons. The molecule has 2 aromatic rings. The normalized spacial score (nSPS) is 23.1. The predicted octanol–water partition coefficient (Wildman–Crippen LogP) is -0.0772. The number of nitrogens with zero attached hydrogens (tertiary/aromatic N) is 3. The maximum Gasteiger partial charge on any atom is 0.329 e. The average molecular weight is 299 g/mol. The van der Waals surface area contributed by atoms with Gasteiger partial charge < -0.3 is 9.64 Å². The third kappa shape index (κ3) is 1.89. The zero-order valence-electron chi connectivity index (χ0n) is 11.6. The molecule has 1 aromatic heterocycles. The summed E-state index contributed by atoms with van der Waals surface area (Å²) in [6.45, 7) is 0.290. The van der Waals surface area contributed by atoms with Gasteiger partial charge in [0.15, 0.2) is 0 Å². The number of carbonyl (C=O) groups excluding carboxylic acids is 2. The fourth-order valence-electron chi connectivity index (χ4n) is 3.08. The van der Waals surface area contributed by atoms with E-state index in [1.165, 1.54) is 15.8 Å². The Morgan fingerprint density at radius 1 is 1.32 bits per heavy atom. The Hall–Kier alpha value is -2.70. The summed E-state index contributed by atoms with van der Waals surface area (Å²) in [5.74, 6) is -0.614. The highest BCUT2D eigenvalue weighted by Crippen LogP contribution is 2.29. The van der Waals surface area contributed by atoms with Gasteiger partial charge in [0, 0.05) is 6.42 Å². The summed E-state index contributed by atoms with van der Waals surface area (Å²) >= 11 is 0. The van der Waals surface area contributed by atoms with E-state index in [-0.39, 0.29) is 30.1 Å². The summed E-state index contributed by atoms with van der Waals surface area (Å²) in [7, 11) is 0. The lowest BCUT2D eigenvalue weighted by Gasteiger charge is -2.25. The van der Waals surface area contributed by atoms with Crippen molar-refractivity contribution in [3.8, 4) is 0 Å². The molecule has 3 heterocycles. The summed E-state index contributed by atoms with van der Waals surface area (Å²) in [4.78, 5) is 42.0. The van der Waals surface area contributed by atoms with Gasteiger partial charge in [-0.1, -0.05) is 12.1 Å². The molecule has 1 aromatic carbocycles. The third-order valence-corrected chi connectivity index (χ3v) is 4.18. The number of hydrogen-bond acceptors (Lipinski definition) is 5. The van der Waals surface area contributed by atoms with E-state index in [1.807, 2.05) is 0 Å². The van der Waals surface area contributed by atoms with Crippen LogP contribution in [0.15, 0.2) is 35.4 Å². The number of amides is 1. The van der Waals surface area contributed by atoms with Crippen molar-refractivity contribution in [1.82, 2.24) is 14.5 Å². The summed E-state index contributed by atoms with van der Waals surface area (Å²) < 4.78 is 6.34. The standard InChI is InChI=1S/C15H13N3O4/c19-13(18-6-9-5-12(18)15(21)22-9)7-17-8-16-11-4-2-1-3-10(11)14(17)20/h1-4,8-9,12H,5-7H2/t9-,12+/m1/s1. The smallest absolute Gasteiger partial charge is 0.329 e. The Morgan fingerprint density at radius 2 is 2.14 bits per heavy atom. The number of fused-ring (bicyclic) bond motifs is 3. The van der Waals surface area contributed by atoms with Crippen LogP contribution in [-0.2, 0) is 20.9 Å². The molecular weight excluding hydrogens is 286 g/mol. The van der Waals surface area contributed by atoms with Crippen LogP contribution < -0.4 is 5.56 Å². The molecule has 2 fully saturated rings. The van der Waals surface area contributed by atoms with E-state index in [0.717, 1.165) is 0 Å². The molecule has 2 aliphatic rings. The molecular formula is C15H13N3O4. The maximum absolute atomic E-state index is 12.4. The Kier molecular flexibility index (Phi) is 2.75. The van der Waals surface area contributed by atoms with Gasteiger partial charge in [0.2, 0.25) is 5.91 Å². The molecule has 7 heteroatoms. The fraction of sp³-hybridized carbons (Fsp3) is 0.333. The van der Waals surface area contributed by atoms with Crippen LogP contribution in [0.25, 0.3) is 10.9 Å². The van der Waals surface area contributed by atoms with Crippen LogP contribution in [0.5, 0.6) is 0 Å².